The van der Waals surface area contributed by atoms with Gasteiger partial charge in [0.1, 0.15) is 11.2 Å². The van der Waals surface area contributed by atoms with Crippen molar-refractivity contribution in [3.05, 3.63) is 5.84 Å². The largest absolute Gasteiger partial charge is 0.466 e. The summed E-state index contributed by atoms with van der Waals surface area (Å²) in [5, 5.41) is 0. The third-order valence-corrected chi connectivity index (χ3v) is 12.4. The van der Waals surface area contributed by atoms with E-state index in [0.717, 1.165) is 57.1 Å². The molecule has 2 aliphatic carbocycles. The van der Waals surface area contributed by atoms with Crippen molar-refractivity contribution in [2.45, 2.75) is 225 Å². The van der Waals surface area contributed by atoms with E-state index in [4.69, 9.17) is 9.47 Å². The number of carbonyl (C=O) groups is 2. The van der Waals surface area contributed by atoms with Crippen molar-refractivity contribution in [1.29, 1.82) is 0 Å². The van der Waals surface area contributed by atoms with Gasteiger partial charge in [0.2, 0.25) is 11.3 Å². The second-order valence-corrected chi connectivity index (χ2v) is 17.4. The van der Waals surface area contributed by atoms with Crippen molar-refractivity contribution >= 4 is 17.5 Å². The lowest BCUT2D eigenvalue weighted by Crippen LogP contribution is -2.63. The highest BCUT2D eigenvalue weighted by Crippen LogP contribution is 2.64. The van der Waals surface area contributed by atoms with Gasteiger partial charge in [0, 0.05) is 17.3 Å². The highest BCUT2D eigenvalue weighted by atomic mass is 16.5. The number of nitrogens with one attached hydrogen (secondary N) is 1. The van der Waals surface area contributed by atoms with E-state index in [1.165, 1.54) is 96.3 Å². The van der Waals surface area contributed by atoms with Crippen LogP contribution in [-0.2, 0) is 19.1 Å². The molecule has 3 bridgehead atoms. The molecule has 3 fully saturated rings. The quantitative estimate of drug-likeness (QED) is 0.0940. The van der Waals surface area contributed by atoms with Crippen molar-refractivity contribution in [1.82, 2.24) is 0 Å². The van der Waals surface area contributed by atoms with E-state index in [9.17, 15) is 10.6 Å². The minimum absolute atomic E-state index is 0.0782. The Balaban J connectivity index is 1.41. The van der Waals surface area contributed by atoms with Crippen LogP contribution in [0.1, 0.15) is 208 Å². The molecule has 0 aromatic carbocycles. The first-order valence-corrected chi connectivity index (χ1v) is 20.3. The van der Waals surface area contributed by atoms with E-state index < -0.39 is 16.7 Å². The lowest BCUT2D eigenvalue weighted by atomic mass is 9.58. The van der Waals surface area contributed by atoms with Gasteiger partial charge >= 0.3 is 5.97 Å². The lowest BCUT2D eigenvalue weighted by molar-refractivity contribution is -0.564. The summed E-state index contributed by atoms with van der Waals surface area (Å²) in [6.07, 6.45) is 29.2. The molecule has 1 atom stereocenters. The molecule has 5 rings (SSSR count). The molecule has 2 spiro atoms. The van der Waals surface area contributed by atoms with Gasteiger partial charge in [-0.25, -0.2) is 0 Å². The van der Waals surface area contributed by atoms with E-state index >= 15 is 4.79 Å². The number of Topliss-reactive ketones (excluding diaryl/α,β-unsaturated/α-hetero) is 1. The van der Waals surface area contributed by atoms with Crippen LogP contribution in [0.4, 0.5) is 0 Å². The van der Waals surface area contributed by atoms with Crippen molar-refractivity contribution in [3.63, 3.8) is 0 Å². The van der Waals surface area contributed by atoms with Crippen molar-refractivity contribution in [2.75, 3.05) is 6.61 Å². The molecular weight excluding hydrogens is 584 g/mol. The topological polar surface area (TPSA) is 79.4 Å². The Hall–Kier alpha value is -1.43. The number of hydrogen-bond donors (Lipinski definition) is 0. The average Bonchev–Trinajstić information content (AvgIpc) is 3.11. The number of hydrogen-bond acceptors (Lipinski definition) is 4. The summed E-state index contributed by atoms with van der Waals surface area (Å²) >= 11 is 0. The predicted octanol–water partition coefficient (Wildman–Crippen LogP) is 11.4. The minimum Gasteiger partial charge on any atom is -0.466 e. The summed E-state index contributed by atoms with van der Waals surface area (Å²) in [5.41, 5.74) is -2.40. The Morgan fingerprint density at radius 1 is 0.723 bits per heavy atom. The zero-order chi connectivity index (χ0) is 34.0. The molecule has 47 heavy (non-hydrogen) atoms. The van der Waals surface area contributed by atoms with Gasteiger partial charge in [-0.15, -0.1) is 0 Å². The van der Waals surface area contributed by atoms with Gasteiger partial charge in [-0.1, -0.05) is 163 Å². The SMILES string of the molecule is CCCCCCCCCCCCCCOC(=O)CCC12C(=O)C3(CC(C)(C)C(=[N+]1[NH-])C(C)(C)C3)OC21CCCCCCCCCCC1. The van der Waals surface area contributed by atoms with Crippen molar-refractivity contribution in [3.8, 4) is 0 Å². The molecule has 1 N–H and O–H groups in total. The molecule has 6 heteroatoms. The highest BCUT2D eigenvalue weighted by molar-refractivity contribution is 6.05. The summed E-state index contributed by atoms with van der Waals surface area (Å²) in [4.78, 5) is 28.4. The number of unbranched alkanes of at least 4 members (excludes halogenated alkanes) is 11. The van der Waals surface area contributed by atoms with Crippen LogP contribution in [0.5, 0.6) is 0 Å². The fraction of sp³-hybridized carbons (Fsp3) is 0.927. The van der Waals surface area contributed by atoms with Crippen LogP contribution in [-0.4, -0.2) is 45.5 Å². The molecule has 0 aromatic rings. The number of nitrogens with zero attached hydrogens (tertiary/aromatic N) is 1. The first kappa shape index (κ1) is 38.4. The average molecular weight is 657 g/mol. The molecule has 0 aromatic heterocycles. The summed E-state index contributed by atoms with van der Waals surface area (Å²) in [7, 11) is 0. The zero-order valence-electron chi connectivity index (χ0n) is 31.4. The monoisotopic (exact) mass is 657 g/mol. The summed E-state index contributed by atoms with van der Waals surface area (Å²) in [5.74, 6) is 9.78. The maximum absolute atomic E-state index is 15.1. The van der Waals surface area contributed by atoms with Gasteiger partial charge in [0.25, 0.3) is 0 Å². The standard InChI is InChI=1S/C41H72N2O4/c1-6-7-8-9-10-11-12-13-17-20-23-26-31-46-34(44)27-30-41-36(45)39(32-37(2,3)35(43(41)42)38(4,5)33-39)47-40(41)28-24-21-18-15-14-16-19-22-25-29-40/h42H,6-33H2,1-5H3. The molecular formula is C41H72N2O4. The molecule has 5 aliphatic rings. The Bertz CT molecular complexity index is 1030. The summed E-state index contributed by atoms with van der Waals surface area (Å²) < 4.78 is 14.8. The second kappa shape index (κ2) is 17.0. The maximum atomic E-state index is 15.1. The molecule has 0 radical (unpaired) electrons. The van der Waals surface area contributed by atoms with Crippen LogP contribution in [0.25, 0.3) is 5.84 Å². The smallest absolute Gasteiger partial charge is 0.306 e. The van der Waals surface area contributed by atoms with Crippen molar-refractivity contribution in [2.24, 2.45) is 10.8 Å². The van der Waals surface area contributed by atoms with Gasteiger partial charge in [0.15, 0.2) is 5.71 Å². The van der Waals surface area contributed by atoms with Crippen LogP contribution >= 0.6 is 0 Å². The number of ketones is 1. The molecule has 0 amide bonds. The van der Waals surface area contributed by atoms with E-state index in [1.54, 1.807) is 4.68 Å². The number of fused-ring (bicyclic) bond motifs is 2. The van der Waals surface area contributed by atoms with Gasteiger partial charge in [-0.3, -0.25) is 14.3 Å². The first-order valence-electron chi connectivity index (χ1n) is 20.3. The van der Waals surface area contributed by atoms with E-state index in [2.05, 4.69) is 34.6 Å². The van der Waals surface area contributed by atoms with Gasteiger partial charge < -0.3 is 15.3 Å². The molecule has 1 saturated heterocycles. The molecule has 3 aliphatic heterocycles. The van der Waals surface area contributed by atoms with Crippen LogP contribution < -0.4 is 0 Å². The van der Waals surface area contributed by atoms with Gasteiger partial charge in [-0.05, 0) is 32.1 Å². The predicted molar refractivity (Wildman–Crippen MR) is 193 cm³/mol. The molecule has 270 valence electrons. The Labute approximate surface area is 288 Å². The Morgan fingerprint density at radius 3 is 1.66 bits per heavy atom. The van der Waals surface area contributed by atoms with E-state index in [1.807, 2.05) is 0 Å². The van der Waals surface area contributed by atoms with E-state index in [-0.39, 0.29) is 29.0 Å². The number of carbonyl (C=O) groups excluding carboxylic acids is 2. The number of rotatable bonds is 16. The Morgan fingerprint density at radius 2 is 1.17 bits per heavy atom. The summed E-state index contributed by atoms with van der Waals surface area (Å²) in [6, 6.07) is 0. The maximum Gasteiger partial charge on any atom is 0.306 e. The zero-order valence-corrected chi connectivity index (χ0v) is 31.4. The third-order valence-electron chi connectivity index (χ3n) is 12.4. The van der Waals surface area contributed by atoms with Crippen LogP contribution in [0, 0.1) is 10.8 Å². The minimum atomic E-state index is -1.15. The normalized spacial score (nSPS) is 28.6. The molecule has 2 saturated carbocycles. The fourth-order valence-corrected chi connectivity index (χ4v) is 10.6. The van der Waals surface area contributed by atoms with E-state index in [0.29, 0.717) is 25.9 Å². The van der Waals surface area contributed by atoms with Crippen LogP contribution in [0.15, 0.2) is 0 Å². The Kier molecular flexibility index (Phi) is 13.9. The molecule has 6 nitrogen and oxygen atoms in total. The van der Waals surface area contributed by atoms with Crippen molar-refractivity contribution < 1.29 is 23.7 Å². The lowest BCUT2D eigenvalue weighted by Gasteiger charge is -2.51. The first-order chi connectivity index (χ1) is 22.5. The van der Waals surface area contributed by atoms with Gasteiger partial charge in [-0.2, -0.15) is 0 Å². The van der Waals surface area contributed by atoms with Gasteiger partial charge in [0.05, 0.1) is 13.0 Å². The molecule has 1 unspecified atom stereocenters. The van der Waals surface area contributed by atoms with Crippen LogP contribution in [0.3, 0.4) is 0 Å². The second-order valence-electron chi connectivity index (χ2n) is 17.4. The van der Waals surface area contributed by atoms with Crippen LogP contribution in [0.2, 0.25) is 0 Å². The molecule has 3 heterocycles. The highest BCUT2D eigenvalue weighted by Gasteiger charge is 2.81. The number of esters is 1. The number of ether oxygens (including phenoxy) is 2. The summed E-state index contributed by atoms with van der Waals surface area (Å²) in [6.45, 7) is 11.5. The fourth-order valence-electron chi connectivity index (χ4n) is 10.6. The third kappa shape index (κ3) is 8.66.